The van der Waals surface area contributed by atoms with Crippen LogP contribution in [0.5, 0.6) is 5.75 Å². The molecule has 1 aromatic carbocycles. The SMILES string of the molecule is O=C(O)c1sccc1COc1ccc(F)c(Cl)c1. The van der Waals surface area contributed by atoms with Crippen molar-refractivity contribution in [1.29, 1.82) is 0 Å². The molecule has 0 aliphatic heterocycles. The van der Waals surface area contributed by atoms with E-state index in [-0.39, 0.29) is 16.5 Å². The van der Waals surface area contributed by atoms with Crippen molar-refractivity contribution in [1.82, 2.24) is 0 Å². The summed E-state index contributed by atoms with van der Waals surface area (Å²) < 4.78 is 18.3. The highest BCUT2D eigenvalue weighted by Gasteiger charge is 2.12. The lowest BCUT2D eigenvalue weighted by atomic mass is 10.2. The van der Waals surface area contributed by atoms with Crippen LogP contribution in [0.3, 0.4) is 0 Å². The Hall–Kier alpha value is -1.59. The molecule has 3 nitrogen and oxygen atoms in total. The van der Waals surface area contributed by atoms with Gasteiger partial charge in [-0.3, -0.25) is 0 Å². The van der Waals surface area contributed by atoms with E-state index < -0.39 is 11.8 Å². The lowest BCUT2D eigenvalue weighted by Crippen LogP contribution is -2.01. The van der Waals surface area contributed by atoms with E-state index in [9.17, 15) is 9.18 Å². The van der Waals surface area contributed by atoms with Gasteiger partial charge in [0.15, 0.2) is 0 Å². The Morgan fingerprint density at radius 2 is 2.22 bits per heavy atom. The second kappa shape index (κ2) is 5.37. The van der Waals surface area contributed by atoms with E-state index >= 15 is 0 Å². The van der Waals surface area contributed by atoms with Crippen LogP contribution in [0.25, 0.3) is 0 Å². The Morgan fingerprint density at radius 3 is 2.89 bits per heavy atom. The van der Waals surface area contributed by atoms with E-state index in [0.717, 1.165) is 11.3 Å². The highest BCUT2D eigenvalue weighted by Crippen LogP contribution is 2.23. The zero-order chi connectivity index (χ0) is 13.1. The van der Waals surface area contributed by atoms with Crippen molar-refractivity contribution in [2.75, 3.05) is 0 Å². The number of ether oxygens (including phenoxy) is 1. The van der Waals surface area contributed by atoms with Gasteiger partial charge in [0.05, 0.1) is 5.02 Å². The molecule has 6 heteroatoms. The number of benzene rings is 1. The maximum atomic E-state index is 12.9. The molecule has 0 spiro atoms. The van der Waals surface area contributed by atoms with E-state index in [0.29, 0.717) is 11.3 Å². The van der Waals surface area contributed by atoms with Gasteiger partial charge >= 0.3 is 5.97 Å². The minimum Gasteiger partial charge on any atom is -0.489 e. The molecule has 0 aliphatic carbocycles. The molecule has 18 heavy (non-hydrogen) atoms. The monoisotopic (exact) mass is 286 g/mol. The van der Waals surface area contributed by atoms with Gasteiger partial charge in [0.25, 0.3) is 0 Å². The van der Waals surface area contributed by atoms with Crippen LogP contribution in [0.2, 0.25) is 5.02 Å². The van der Waals surface area contributed by atoms with Crippen LogP contribution < -0.4 is 4.74 Å². The molecule has 0 fully saturated rings. The first-order valence-electron chi connectivity index (χ1n) is 4.95. The van der Waals surface area contributed by atoms with Gasteiger partial charge in [-0.1, -0.05) is 11.6 Å². The predicted molar refractivity (Wildman–Crippen MR) is 67.0 cm³/mol. The summed E-state index contributed by atoms with van der Waals surface area (Å²) in [6.45, 7) is 0.104. The first-order chi connectivity index (χ1) is 8.58. The molecule has 0 saturated carbocycles. The molecular formula is C12H8ClFO3S. The Morgan fingerprint density at radius 1 is 1.44 bits per heavy atom. The van der Waals surface area contributed by atoms with Gasteiger partial charge in [-0.2, -0.15) is 0 Å². The third-order valence-electron chi connectivity index (χ3n) is 2.23. The fourth-order valence-corrected chi connectivity index (χ4v) is 2.28. The molecule has 0 radical (unpaired) electrons. The third-order valence-corrected chi connectivity index (χ3v) is 3.46. The summed E-state index contributed by atoms with van der Waals surface area (Å²) in [4.78, 5) is 11.1. The van der Waals surface area contributed by atoms with Crippen LogP contribution in [0.15, 0.2) is 29.6 Å². The molecule has 2 rings (SSSR count). The van der Waals surface area contributed by atoms with E-state index in [2.05, 4.69) is 0 Å². The minimum atomic E-state index is -0.985. The minimum absolute atomic E-state index is 0.0312. The average Bonchev–Trinajstić information content (AvgIpc) is 2.79. The molecule has 94 valence electrons. The van der Waals surface area contributed by atoms with Gasteiger partial charge in [0.1, 0.15) is 23.1 Å². The summed E-state index contributed by atoms with van der Waals surface area (Å²) in [5, 5.41) is 10.6. The molecule has 1 N–H and O–H groups in total. The van der Waals surface area contributed by atoms with Gasteiger partial charge in [-0.15, -0.1) is 11.3 Å². The fourth-order valence-electron chi connectivity index (χ4n) is 1.36. The van der Waals surface area contributed by atoms with Crippen LogP contribution in [0.4, 0.5) is 4.39 Å². The molecule has 0 saturated heterocycles. The molecule has 0 aliphatic rings. The normalized spacial score (nSPS) is 10.3. The largest absolute Gasteiger partial charge is 0.489 e. The molecule has 1 aromatic heterocycles. The Kier molecular flexibility index (Phi) is 3.84. The Bertz CT molecular complexity index is 582. The molecule has 1 heterocycles. The van der Waals surface area contributed by atoms with Gasteiger partial charge in [-0.05, 0) is 23.6 Å². The second-order valence-corrected chi connectivity index (χ2v) is 4.77. The fraction of sp³-hybridized carbons (Fsp3) is 0.0833. The van der Waals surface area contributed by atoms with Gasteiger partial charge in [-0.25, -0.2) is 9.18 Å². The van der Waals surface area contributed by atoms with Crippen molar-refractivity contribution in [2.24, 2.45) is 0 Å². The molecule has 2 aromatic rings. The van der Waals surface area contributed by atoms with Crippen LogP contribution in [0.1, 0.15) is 15.2 Å². The van der Waals surface area contributed by atoms with Crippen LogP contribution in [0, 0.1) is 5.82 Å². The lowest BCUT2D eigenvalue weighted by molar-refractivity contribution is 0.0699. The highest BCUT2D eigenvalue weighted by atomic mass is 35.5. The van der Waals surface area contributed by atoms with E-state index in [1.807, 2.05) is 0 Å². The maximum absolute atomic E-state index is 12.9. The van der Waals surface area contributed by atoms with E-state index in [1.165, 1.54) is 18.2 Å². The maximum Gasteiger partial charge on any atom is 0.346 e. The van der Waals surface area contributed by atoms with Crippen molar-refractivity contribution < 1.29 is 19.0 Å². The zero-order valence-corrected chi connectivity index (χ0v) is 10.6. The number of aromatic carboxylic acids is 1. The molecular weight excluding hydrogens is 279 g/mol. The lowest BCUT2D eigenvalue weighted by Gasteiger charge is -2.06. The van der Waals surface area contributed by atoms with Crippen molar-refractivity contribution in [3.8, 4) is 5.75 Å². The van der Waals surface area contributed by atoms with Crippen molar-refractivity contribution in [3.05, 3.63) is 50.9 Å². The average molecular weight is 287 g/mol. The summed E-state index contributed by atoms with van der Waals surface area (Å²) >= 11 is 6.74. The predicted octanol–water partition coefficient (Wildman–Crippen LogP) is 3.82. The van der Waals surface area contributed by atoms with Crippen molar-refractivity contribution in [2.45, 2.75) is 6.61 Å². The van der Waals surface area contributed by atoms with Gasteiger partial charge in [0.2, 0.25) is 0 Å². The number of rotatable bonds is 4. The van der Waals surface area contributed by atoms with Gasteiger partial charge < -0.3 is 9.84 Å². The summed E-state index contributed by atoms with van der Waals surface area (Å²) in [7, 11) is 0. The zero-order valence-electron chi connectivity index (χ0n) is 9.02. The molecule has 0 atom stereocenters. The number of carboxylic acids is 1. The Labute approximate surface area is 111 Å². The summed E-state index contributed by atoms with van der Waals surface area (Å²) in [6, 6.07) is 5.67. The van der Waals surface area contributed by atoms with Crippen LogP contribution >= 0.6 is 22.9 Å². The van der Waals surface area contributed by atoms with Gasteiger partial charge in [0, 0.05) is 11.6 Å². The number of thiophene rings is 1. The van der Waals surface area contributed by atoms with Crippen LogP contribution in [-0.4, -0.2) is 11.1 Å². The summed E-state index contributed by atoms with van der Waals surface area (Å²) in [5.74, 6) is -1.12. The summed E-state index contributed by atoms with van der Waals surface area (Å²) in [6.07, 6.45) is 0. The quantitative estimate of drug-likeness (QED) is 0.929. The summed E-state index contributed by atoms with van der Waals surface area (Å²) in [5.41, 5.74) is 0.577. The molecule has 0 amide bonds. The van der Waals surface area contributed by atoms with E-state index in [4.69, 9.17) is 21.4 Å². The highest BCUT2D eigenvalue weighted by molar-refractivity contribution is 7.12. The third kappa shape index (κ3) is 2.80. The first-order valence-corrected chi connectivity index (χ1v) is 6.21. The number of halogens is 2. The smallest absolute Gasteiger partial charge is 0.346 e. The number of carbonyl (C=O) groups is 1. The number of hydrogen-bond donors (Lipinski definition) is 1. The Balaban J connectivity index is 2.09. The first kappa shape index (κ1) is 12.9. The number of carboxylic acid groups (broad SMARTS) is 1. The van der Waals surface area contributed by atoms with Crippen molar-refractivity contribution >= 4 is 28.9 Å². The van der Waals surface area contributed by atoms with Crippen LogP contribution in [-0.2, 0) is 6.61 Å². The molecule has 0 bridgehead atoms. The second-order valence-electron chi connectivity index (χ2n) is 3.44. The van der Waals surface area contributed by atoms with E-state index in [1.54, 1.807) is 11.4 Å². The number of hydrogen-bond acceptors (Lipinski definition) is 3. The standard InChI is InChI=1S/C12H8ClFO3S/c13-9-5-8(1-2-10(9)14)17-6-7-3-4-18-11(7)12(15)16/h1-5H,6H2,(H,15,16). The molecule has 0 unspecified atom stereocenters. The topological polar surface area (TPSA) is 46.5 Å². The van der Waals surface area contributed by atoms with Crippen molar-refractivity contribution in [3.63, 3.8) is 0 Å².